The van der Waals surface area contributed by atoms with Crippen molar-refractivity contribution in [3.05, 3.63) is 0 Å². The molecule has 4 N–H and O–H groups in total. The predicted octanol–water partition coefficient (Wildman–Crippen LogP) is -0.408. The summed E-state index contributed by atoms with van der Waals surface area (Å²) in [6.07, 6.45) is 4.19. The normalized spacial score (nSPS) is 28.3. The van der Waals surface area contributed by atoms with Gasteiger partial charge < -0.3 is 16.4 Å². The van der Waals surface area contributed by atoms with E-state index in [0.717, 1.165) is 32.1 Å². The average molecular weight is 225 g/mol. The van der Waals surface area contributed by atoms with Gasteiger partial charge in [0.15, 0.2) is 0 Å². The Bertz CT molecular complexity index is 312. The molecule has 1 atom stereocenters. The first-order valence-corrected chi connectivity index (χ1v) is 5.90. The molecule has 1 unspecified atom stereocenters. The van der Waals surface area contributed by atoms with E-state index in [9.17, 15) is 9.59 Å². The minimum atomic E-state index is -0.653. The maximum Gasteiger partial charge on any atom is 0.242 e. The van der Waals surface area contributed by atoms with Crippen molar-refractivity contribution in [2.45, 2.75) is 37.6 Å². The van der Waals surface area contributed by atoms with E-state index in [0.29, 0.717) is 13.1 Å². The van der Waals surface area contributed by atoms with Crippen LogP contribution >= 0.6 is 0 Å². The topological polar surface area (TPSA) is 89.4 Å². The van der Waals surface area contributed by atoms with Crippen LogP contribution in [0.2, 0.25) is 0 Å². The van der Waals surface area contributed by atoms with Crippen LogP contribution in [0.25, 0.3) is 0 Å². The second-order valence-corrected chi connectivity index (χ2v) is 5.00. The van der Waals surface area contributed by atoms with Gasteiger partial charge in [0, 0.05) is 13.1 Å². The van der Waals surface area contributed by atoms with Gasteiger partial charge in [0.25, 0.3) is 0 Å². The molecular weight excluding hydrogens is 206 g/mol. The Morgan fingerprint density at radius 2 is 1.94 bits per heavy atom. The summed E-state index contributed by atoms with van der Waals surface area (Å²) in [6.45, 7) is 1.16. The lowest BCUT2D eigenvalue weighted by molar-refractivity contribution is -0.143. The molecule has 0 aromatic carbocycles. The zero-order valence-electron chi connectivity index (χ0n) is 9.45. The fourth-order valence-corrected chi connectivity index (χ4v) is 2.48. The number of likely N-dealkylation sites (tertiary alicyclic amines) is 1. The zero-order chi connectivity index (χ0) is 11.8. The van der Waals surface area contributed by atoms with Gasteiger partial charge >= 0.3 is 0 Å². The molecule has 2 rings (SSSR count). The third kappa shape index (κ3) is 1.91. The molecule has 16 heavy (non-hydrogen) atoms. The maximum atomic E-state index is 12.1. The number of amides is 2. The highest BCUT2D eigenvalue weighted by Gasteiger charge is 2.43. The number of carbonyl (C=O) groups excluding carboxylic acids is 2. The van der Waals surface area contributed by atoms with Crippen molar-refractivity contribution in [2.24, 2.45) is 17.4 Å². The second kappa shape index (κ2) is 4.05. The van der Waals surface area contributed by atoms with Crippen LogP contribution in [0.5, 0.6) is 0 Å². The third-order valence-electron chi connectivity index (χ3n) is 3.78. The van der Waals surface area contributed by atoms with Crippen molar-refractivity contribution in [3.8, 4) is 0 Å². The van der Waals surface area contributed by atoms with Crippen molar-refractivity contribution >= 4 is 11.8 Å². The average Bonchev–Trinajstić information content (AvgIpc) is 2.25. The van der Waals surface area contributed by atoms with Gasteiger partial charge in [0.2, 0.25) is 11.8 Å². The predicted molar refractivity (Wildman–Crippen MR) is 59.3 cm³/mol. The fourth-order valence-electron chi connectivity index (χ4n) is 2.48. The van der Waals surface area contributed by atoms with Crippen LogP contribution in [-0.2, 0) is 9.59 Å². The van der Waals surface area contributed by atoms with Gasteiger partial charge in [-0.15, -0.1) is 0 Å². The Balaban J connectivity index is 1.99. The first-order valence-electron chi connectivity index (χ1n) is 5.90. The molecule has 1 aliphatic heterocycles. The lowest BCUT2D eigenvalue weighted by Gasteiger charge is -2.42. The van der Waals surface area contributed by atoms with Crippen LogP contribution in [0.3, 0.4) is 0 Å². The van der Waals surface area contributed by atoms with Crippen LogP contribution in [0.15, 0.2) is 0 Å². The Kier molecular flexibility index (Phi) is 2.88. The molecule has 2 amide bonds. The number of primary amides is 1. The number of hydrogen-bond donors (Lipinski definition) is 2. The first kappa shape index (κ1) is 11.4. The molecule has 5 heteroatoms. The van der Waals surface area contributed by atoms with E-state index in [4.69, 9.17) is 11.5 Å². The quantitative estimate of drug-likeness (QED) is 0.669. The van der Waals surface area contributed by atoms with Gasteiger partial charge in [-0.1, -0.05) is 0 Å². The lowest BCUT2D eigenvalue weighted by Crippen LogP contribution is -2.61. The summed E-state index contributed by atoms with van der Waals surface area (Å²) in [7, 11) is 0. The van der Waals surface area contributed by atoms with Crippen LogP contribution in [0.1, 0.15) is 32.1 Å². The highest BCUT2D eigenvalue weighted by molar-refractivity contribution is 5.88. The zero-order valence-corrected chi connectivity index (χ0v) is 9.45. The van der Waals surface area contributed by atoms with Gasteiger partial charge in [-0.3, -0.25) is 9.59 Å². The first-order chi connectivity index (χ1) is 7.53. The highest BCUT2D eigenvalue weighted by atomic mass is 16.2. The van der Waals surface area contributed by atoms with E-state index in [1.807, 2.05) is 0 Å². The van der Waals surface area contributed by atoms with E-state index in [1.165, 1.54) is 0 Å². The summed E-state index contributed by atoms with van der Waals surface area (Å²) in [5.74, 6) is -0.497. The monoisotopic (exact) mass is 225 g/mol. The van der Waals surface area contributed by atoms with Crippen molar-refractivity contribution in [2.75, 3.05) is 13.1 Å². The summed E-state index contributed by atoms with van der Waals surface area (Å²) >= 11 is 0. The number of rotatable bonds is 2. The SMILES string of the molecule is NC(=O)C1CCCN(C(=O)C2(N)CCC2)C1. The minimum absolute atomic E-state index is 0.00435. The molecule has 0 radical (unpaired) electrons. The van der Waals surface area contributed by atoms with E-state index in [-0.39, 0.29) is 17.7 Å². The summed E-state index contributed by atoms with van der Waals surface area (Å²) in [5, 5.41) is 0. The molecule has 1 aliphatic carbocycles. The number of carbonyl (C=O) groups is 2. The molecule has 1 saturated heterocycles. The Morgan fingerprint density at radius 3 is 2.44 bits per heavy atom. The smallest absolute Gasteiger partial charge is 0.242 e. The number of nitrogens with zero attached hydrogens (tertiary/aromatic N) is 1. The standard InChI is InChI=1S/C11H19N3O2/c12-9(15)8-3-1-6-14(7-8)10(16)11(13)4-2-5-11/h8H,1-7,13H2,(H2,12,15). The highest BCUT2D eigenvalue weighted by Crippen LogP contribution is 2.32. The van der Waals surface area contributed by atoms with Crippen LogP contribution < -0.4 is 11.5 Å². The summed E-state index contributed by atoms with van der Waals surface area (Å²) in [5.41, 5.74) is 10.6. The van der Waals surface area contributed by atoms with E-state index in [2.05, 4.69) is 0 Å². The van der Waals surface area contributed by atoms with Gasteiger partial charge in [-0.2, -0.15) is 0 Å². The van der Waals surface area contributed by atoms with Crippen LogP contribution in [0, 0.1) is 5.92 Å². The van der Waals surface area contributed by atoms with Gasteiger partial charge in [0.05, 0.1) is 11.5 Å². The van der Waals surface area contributed by atoms with E-state index < -0.39 is 5.54 Å². The molecule has 0 bridgehead atoms. The Hall–Kier alpha value is -1.10. The van der Waals surface area contributed by atoms with Gasteiger partial charge in [-0.05, 0) is 32.1 Å². The molecular formula is C11H19N3O2. The molecule has 90 valence electrons. The molecule has 0 aromatic heterocycles. The largest absolute Gasteiger partial charge is 0.369 e. The number of piperidine rings is 1. The molecule has 1 heterocycles. The minimum Gasteiger partial charge on any atom is -0.369 e. The summed E-state index contributed by atoms with van der Waals surface area (Å²) in [6, 6.07) is 0. The molecule has 2 aliphatic rings. The van der Waals surface area contributed by atoms with Crippen molar-refractivity contribution in [3.63, 3.8) is 0 Å². The Labute approximate surface area is 95.1 Å². The van der Waals surface area contributed by atoms with Gasteiger partial charge in [0.1, 0.15) is 0 Å². The lowest BCUT2D eigenvalue weighted by atomic mass is 9.76. The number of hydrogen-bond acceptors (Lipinski definition) is 3. The molecule has 2 fully saturated rings. The molecule has 5 nitrogen and oxygen atoms in total. The van der Waals surface area contributed by atoms with E-state index >= 15 is 0 Å². The second-order valence-electron chi connectivity index (χ2n) is 5.00. The van der Waals surface area contributed by atoms with Crippen LogP contribution in [0.4, 0.5) is 0 Å². The molecule has 0 spiro atoms. The molecule has 1 saturated carbocycles. The van der Waals surface area contributed by atoms with Crippen LogP contribution in [-0.4, -0.2) is 35.3 Å². The number of nitrogens with two attached hydrogens (primary N) is 2. The fraction of sp³-hybridized carbons (Fsp3) is 0.818. The van der Waals surface area contributed by atoms with E-state index in [1.54, 1.807) is 4.90 Å². The Morgan fingerprint density at radius 1 is 1.25 bits per heavy atom. The van der Waals surface area contributed by atoms with Crippen molar-refractivity contribution in [1.29, 1.82) is 0 Å². The van der Waals surface area contributed by atoms with Crippen molar-refractivity contribution < 1.29 is 9.59 Å². The molecule has 0 aromatic rings. The summed E-state index contributed by atoms with van der Waals surface area (Å²) < 4.78 is 0. The van der Waals surface area contributed by atoms with Gasteiger partial charge in [-0.25, -0.2) is 0 Å². The third-order valence-corrected chi connectivity index (χ3v) is 3.78. The maximum absolute atomic E-state index is 12.1. The summed E-state index contributed by atoms with van der Waals surface area (Å²) in [4.78, 5) is 24.9. The van der Waals surface area contributed by atoms with Crippen molar-refractivity contribution in [1.82, 2.24) is 4.90 Å².